The predicted octanol–water partition coefficient (Wildman–Crippen LogP) is 3.47. The molecule has 64 valence electrons. The molecule has 0 aromatic heterocycles. The van der Waals surface area contributed by atoms with Crippen LogP contribution in [0.3, 0.4) is 0 Å². The van der Waals surface area contributed by atoms with Crippen LogP contribution in [0.1, 0.15) is 46.0 Å². The Morgan fingerprint density at radius 2 is 2.09 bits per heavy atom. The molecule has 3 unspecified atom stereocenters. The first-order valence-corrected chi connectivity index (χ1v) is 5.31. The van der Waals surface area contributed by atoms with Crippen LogP contribution in [-0.2, 0) is 0 Å². The van der Waals surface area contributed by atoms with Crippen molar-refractivity contribution in [2.75, 3.05) is 0 Å². The van der Waals surface area contributed by atoms with Gasteiger partial charge in [-0.15, -0.1) is 0 Å². The van der Waals surface area contributed by atoms with Gasteiger partial charge in [0.2, 0.25) is 0 Å². The molecule has 2 saturated carbocycles. The second kappa shape index (κ2) is 2.80. The summed E-state index contributed by atoms with van der Waals surface area (Å²) in [6.07, 6.45) is 7.59. The fraction of sp³-hybridized carbons (Fsp3) is 1.00. The maximum absolute atomic E-state index is 2.47. The van der Waals surface area contributed by atoms with Crippen LogP contribution in [-0.4, -0.2) is 0 Å². The lowest BCUT2D eigenvalue weighted by Crippen LogP contribution is -2.00. The zero-order valence-electron chi connectivity index (χ0n) is 7.84. The van der Waals surface area contributed by atoms with Crippen LogP contribution in [0.25, 0.3) is 0 Å². The second-order valence-electron chi connectivity index (χ2n) is 4.72. The normalized spacial score (nSPS) is 38.7. The Labute approximate surface area is 70.4 Å². The fourth-order valence-electron chi connectivity index (χ4n) is 2.49. The molecule has 0 amide bonds. The maximum atomic E-state index is 2.47. The van der Waals surface area contributed by atoms with Gasteiger partial charge in [-0.05, 0) is 36.5 Å². The molecule has 0 aromatic carbocycles. The highest BCUT2D eigenvalue weighted by Crippen LogP contribution is 2.50. The lowest BCUT2D eigenvalue weighted by Gasteiger charge is -2.08. The molecule has 0 saturated heterocycles. The summed E-state index contributed by atoms with van der Waals surface area (Å²) in [4.78, 5) is 0. The van der Waals surface area contributed by atoms with Crippen molar-refractivity contribution in [2.45, 2.75) is 46.0 Å². The van der Waals surface area contributed by atoms with Crippen molar-refractivity contribution in [2.24, 2.45) is 23.7 Å². The summed E-state index contributed by atoms with van der Waals surface area (Å²) >= 11 is 0. The van der Waals surface area contributed by atoms with Gasteiger partial charge >= 0.3 is 0 Å². The Balaban J connectivity index is 1.68. The molecule has 2 rings (SSSR count). The van der Waals surface area contributed by atoms with E-state index in [1.807, 2.05) is 0 Å². The van der Waals surface area contributed by atoms with E-state index in [-0.39, 0.29) is 0 Å². The third-order valence-corrected chi connectivity index (χ3v) is 3.63. The lowest BCUT2D eigenvalue weighted by atomic mass is 9.97. The first kappa shape index (κ1) is 7.64. The van der Waals surface area contributed by atoms with Gasteiger partial charge < -0.3 is 0 Å². The molecule has 3 atom stereocenters. The molecule has 0 heterocycles. The maximum Gasteiger partial charge on any atom is -0.0357 e. The average Bonchev–Trinajstić information content (AvgIpc) is 2.82. The number of rotatable bonds is 4. The Hall–Kier alpha value is 0. The highest BCUT2D eigenvalue weighted by molar-refractivity contribution is 4.90. The van der Waals surface area contributed by atoms with E-state index in [2.05, 4.69) is 13.8 Å². The van der Waals surface area contributed by atoms with Crippen LogP contribution in [0.15, 0.2) is 0 Å². The van der Waals surface area contributed by atoms with Gasteiger partial charge in [-0.1, -0.05) is 33.1 Å². The van der Waals surface area contributed by atoms with Crippen molar-refractivity contribution in [1.29, 1.82) is 0 Å². The van der Waals surface area contributed by atoms with Gasteiger partial charge in [0, 0.05) is 0 Å². The standard InChI is InChI=1S/C11H20/c1-3-10-7-11(10)8(2)6-9-4-5-9/h8-11H,3-7H2,1-2H3. The highest BCUT2D eigenvalue weighted by Gasteiger charge is 2.40. The predicted molar refractivity (Wildman–Crippen MR) is 48.4 cm³/mol. The topological polar surface area (TPSA) is 0 Å². The van der Waals surface area contributed by atoms with E-state index in [1.165, 1.54) is 19.3 Å². The zero-order chi connectivity index (χ0) is 7.84. The molecule has 0 spiro atoms. The third-order valence-electron chi connectivity index (χ3n) is 3.63. The SMILES string of the molecule is CCC1CC1C(C)CC1CC1. The van der Waals surface area contributed by atoms with Gasteiger partial charge in [-0.2, -0.15) is 0 Å². The molecular formula is C11H20. The molecule has 0 N–H and O–H groups in total. The van der Waals surface area contributed by atoms with Crippen molar-refractivity contribution in [1.82, 2.24) is 0 Å². The van der Waals surface area contributed by atoms with Crippen molar-refractivity contribution in [3.05, 3.63) is 0 Å². The molecule has 2 aliphatic rings. The van der Waals surface area contributed by atoms with Crippen LogP contribution < -0.4 is 0 Å². The highest BCUT2D eigenvalue weighted by atomic mass is 14.5. The molecule has 2 aliphatic carbocycles. The smallest absolute Gasteiger partial charge is 0.0357 e. The van der Waals surface area contributed by atoms with E-state index in [4.69, 9.17) is 0 Å². The van der Waals surface area contributed by atoms with Crippen LogP contribution in [0, 0.1) is 23.7 Å². The molecule has 0 nitrogen and oxygen atoms in total. The van der Waals surface area contributed by atoms with E-state index in [1.54, 1.807) is 12.8 Å². The zero-order valence-corrected chi connectivity index (χ0v) is 7.84. The van der Waals surface area contributed by atoms with E-state index < -0.39 is 0 Å². The third kappa shape index (κ3) is 1.77. The Kier molecular flexibility index (Phi) is 1.95. The number of hydrogen-bond acceptors (Lipinski definition) is 0. The molecule has 0 aliphatic heterocycles. The van der Waals surface area contributed by atoms with Crippen molar-refractivity contribution in [3.63, 3.8) is 0 Å². The first-order chi connectivity index (χ1) is 5.31. The minimum atomic E-state index is 1.05. The monoisotopic (exact) mass is 152 g/mol. The van der Waals surface area contributed by atoms with E-state index in [0.29, 0.717) is 0 Å². The molecule has 2 fully saturated rings. The van der Waals surface area contributed by atoms with Crippen molar-refractivity contribution >= 4 is 0 Å². The largest absolute Gasteiger partial charge is 0.0651 e. The summed E-state index contributed by atoms with van der Waals surface area (Å²) in [7, 11) is 0. The minimum absolute atomic E-state index is 1.05. The molecule has 11 heavy (non-hydrogen) atoms. The van der Waals surface area contributed by atoms with Crippen molar-refractivity contribution in [3.8, 4) is 0 Å². The second-order valence-corrected chi connectivity index (χ2v) is 4.72. The van der Waals surface area contributed by atoms with Crippen LogP contribution >= 0.6 is 0 Å². The van der Waals surface area contributed by atoms with Gasteiger partial charge in [0.1, 0.15) is 0 Å². The fourth-order valence-corrected chi connectivity index (χ4v) is 2.49. The molecule has 0 radical (unpaired) electrons. The van der Waals surface area contributed by atoms with Gasteiger partial charge in [0.25, 0.3) is 0 Å². The summed E-state index contributed by atoms with van der Waals surface area (Å²) in [6, 6.07) is 0. The lowest BCUT2D eigenvalue weighted by molar-refractivity contribution is 0.416. The van der Waals surface area contributed by atoms with Crippen molar-refractivity contribution < 1.29 is 0 Å². The molecule has 0 bridgehead atoms. The average molecular weight is 152 g/mol. The molecule has 0 aromatic rings. The van der Waals surface area contributed by atoms with Gasteiger partial charge in [-0.25, -0.2) is 0 Å². The summed E-state index contributed by atoms with van der Waals surface area (Å²) in [5.74, 6) is 4.43. The van der Waals surface area contributed by atoms with Gasteiger partial charge in [0.05, 0.1) is 0 Å². The van der Waals surface area contributed by atoms with E-state index in [0.717, 1.165) is 23.7 Å². The minimum Gasteiger partial charge on any atom is -0.0651 e. The summed E-state index contributed by atoms with van der Waals surface area (Å²) in [5.41, 5.74) is 0. The van der Waals surface area contributed by atoms with Crippen LogP contribution in [0.2, 0.25) is 0 Å². The van der Waals surface area contributed by atoms with Crippen LogP contribution in [0.5, 0.6) is 0 Å². The molecule has 0 heteroatoms. The Bertz CT molecular complexity index is 135. The van der Waals surface area contributed by atoms with E-state index >= 15 is 0 Å². The quantitative estimate of drug-likeness (QED) is 0.578. The van der Waals surface area contributed by atoms with E-state index in [9.17, 15) is 0 Å². The van der Waals surface area contributed by atoms with Gasteiger partial charge in [-0.3, -0.25) is 0 Å². The Morgan fingerprint density at radius 1 is 1.36 bits per heavy atom. The number of hydrogen-bond donors (Lipinski definition) is 0. The first-order valence-electron chi connectivity index (χ1n) is 5.31. The summed E-state index contributed by atoms with van der Waals surface area (Å²) in [5, 5.41) is 0. The summed E-state index contributed by atoms with van der Waals surface area (Å²) < 4.78 is 0. The Morgan fingerprint density at radius 3 is 2.55 bits per heavy atom. The van der Waals surface area contributed by atoms with Crippen LogP contribution in [0.4, 0.5) is 0 Å². The summed E-state index contributed by atoms with van der Waals surface area (Å²) in [6.45, 7) is 4.81. The molecular weight excluding hydrogens is 132 g/mol. The van der Waals surface area contributed by atoms with Gasteiger partial charge in [0.15, 0.2) is 0 Å².